The number of aliphatic imine (C=N–C) groups is 1. The molecular weight excluding hydrogens is 380 g/mol. The number of hydrogen-bond acceptors (Lipinski definition) is 7. The van der Waals surface area contributed by atoms with Gasteiger partial charge in [0.15, 0.2) is 0 Å². The van der Waals surface area contributed by atoms with Crippen LogP contribution in [0.2, 0.25) is 0 Å². The molecule has 0 aliphatic rings. The summed E-state index contributed by atoms with van der Waals surface area (Å²) in [6.45, 7) is 12.1. The van der Waals surface area contributed by atoms with Gasteiger partial charge in [0.25, 0.3) is 5.56 Å². The normalized spacial score (nSPS) is 12.6. The summed E-state index contributed by atoms with van der Waals surface area (Å²) in [6, 6.07) is -1.18. The van der Waals surface area contributed by atoms with E-state index in [9.17, 15) is 19.2 Å². The van der Waals surface area contributed by atoms with Crippen LogP contribution in [0.4, 0.5) is 16.3 Å². The van der Waals surface area contributed by atoms with E-state index in [0.717, 1.165) is 4.57 Å². The van der Waals surface area contributed by atoms with Crippen LogP contribution in [0, 0.1) is 0 Å². The molecule has 0 saturated carbocycles. The zero-order chi connectivity index (χ0) is 22.4. The van der Waals surface area contributed by atoms with Crippen molar-refractivity contribution in [3.63, 3.8) is 0 Å². The van der Waals surface area contributed by atoms with E-state index in [4.69, 9.17) is 10.5 Å². The number of carbonyl (C=O) groups excluding carboxylic acids is 2. The lowest BCUT2D eigenvalue weighted by atomic mass is 10.1. The maximum Gasteiger partial charge on any atom is 0.408 e. The fourth-order valence-electron chi connectivity index (χ4n) is 2.14. The molecule has 0 aliphatic heterocycles. The number of allylic oxidation sites excluding steroid dienone is 1. The van der Waals surface area contributed by atoms with Gasteiger partial charge in [-0.15, -0.1) is 0 Å². The van der Waals surface area contributed by atoms with Crippen LogP contribution in [0.25, 0.3) is 0 Å². The van der Waals surface area contributed by atoms with Crippen molar-refractivity contribution < 1.29 is 14.3 Å². The van der Waals surface area contributed by atoms with Crippen molar-refractivity contribution in [2.24, 2.45) is 12.0 Å². The Kier molecular flexibility index (Phi) is 7.69. The predicted molar refractivity (Wildman–Crippen MR) is 111 cm³/mol. The number of H-pyrrole nitrogens is 1. The molecule has 11 heteroatoms. The summed E-state index contributed by atoms with van der Waals surface area (Å²) in [5.74, 6) is -1.02. The number of nitrogens with one attached hydrogen (secondary N) is 3. The molecule has 0 fully saturated rings. The maximum atomic E-state index is 12.8. The molecule has 1 rings (SSSR count). The van der Waals surface area contributed by atoms with E-state index in [1.165, 1.54) is 19.3 Å². The summed E-state index contributed by atoms with van der Waals surface area (Å²) >= 11 is 0. The number of aromatic nitrogens is 2. The second kappa shape index (κ2) is 9.53. The number of carbonyl (C=O) groups is 2. The van der Waals surface area contributed by atoms with Gasteiger partial charge in [-0.05, 0) is 26.8 Å². The van der Waals surface area contributed by atoms with Gasteiger partial charge < -0.3 is 21.1 Å². The molecule has 5 N–H and O–H groups in total. The van der Waals surface area contributed by atoms with Crippen molar-refractivity contribution in [3.05, 3.63) is 46.3 Å². The first-order valence-corrected chi connectivity index (χ1v) is 8.58. The summed E-state index contributed by atoms with van der Waals surface area (Å²) < 4.78 is 6.13. The van der Waals surface area contributed by atoms with Gasteiger partial charge in [0.2, 0.25) is 5.91 Å². The van der Waals surface area contributed by atoms with E-state index in [0.29, 0.717) is 5.71 Å². The Morgan fingerprint density at radius 3 is 2.48 bits per heavy atom. The predicted octanol–water partition coefficient (Wildman–Crippen LogP) is 0.648. The molecule has 0 aliphatic carbocycles. The van der Waals surface area contributed by atoms with E-state index < -0.39 is 34.9 Å². The van der Waals surface area contributed by atoms with Gasteiger partial charge in [0, 0.05) is 25.4 Å². The highest BCUT2D eigenvalue weighted by atomic mass is 16.6. The maximum absolute atomic E-state index is 12.8. The number of aromatic amines is 1. The minimum absolute atomic E-state index is 0.0653. The highest BCUT2D eigenvalue weighted by Gasteiger charge is 2.27. The van der Waals surface area contributed by atoms with Crippen LogP contribution in [0.1, 0.15) is 27.2 Å². The van der Waals surface area contributed by atoms with Gasteiger partial charge in [-0.25, -0.2) is 9.59 Å². The van der Waals surface area contributed by atoms with Crippen molar-refractivity contribution in [1.82, 2.24) is 14.9 Å². The highest BCUT2D eigenvalue weighted by molar-refractivity contribution is 6.04. The first kappa shape index (κ1) is 23.4. The monoisotopic (exact) mass is 406 g/mol. The second-order valence-corrected chi connectivity index (χ2v) is 6.98. The van der Waals surface area contributed by atoms with E-state index in [2.05, 4.69) is 28.8 Å². The number of hydrogen-bond donors (Lipinski definition) is 4. The van der Waals surface area contributed by atoms with Crippen LogP contribution in [-0.2, 0) is 16.6 Å². The number of nitrogens with zero attached hydrogens (tertiary/aromatic N) is 2. The van der Waals surface area contributed by atoms with Crippen molar-refractivity contribution in [3.8, 4) is 0 Å². The molecule has 1 unspecified atom stereocenters. The largest absolute Gasteiger partial charge is 0.444 e. The van der Waals surface area contributed by atoms with Crippen molar-refractivity contribution in [1.29, 1.82) is 0 Å². The van der Waals surface area contributed by atoms with Gasteiger partial charge in [0.05, 0.1) is 0 Å². The van der Waals surface area contributed by atoms with Crippen LogP contribution in [0.3, 0.4) is 0 Å². The lowest BCUT2D eigenvalue weighted by molar-refractivity contribution is -0.118. The Labute approximate surface area is 167 Å². The molecular formula is C18H26N6O5. The quantitative estimate of drug-likeness (QED) is 0.486. The summed E-state index contributed by atoms with van der Waals surface area (Å²) in [5, 5.41) is 4.76. The lowest BCUT2D eigenvalue weighted by Gasteiger charge is -2.23. The zero-order valence-electron chi connectivity index (χ0n) is 16.9. The summed E-state index contributed by atoms with van der Waals surface area (Å²) in [5.41, 5.74) is 3.39. The molecule has 0 radical (unpaired) electrons. The Morgan fingerprint density at radius 1 is 1.34 bits per heavy atom. The molecule has 2 amide bonds. The third-order valence-corrected chi connectivity index (χ3v) is 3.53. The Morgan fingerprint density at radius 2 is 1.97 bits per heavy atom. The number of ether oxygens (including phenoxy) is 1. The number of nitrogens with two attached hydrogens (primary N) is 1. The minimum Gasteiger partial charge on any atom is -0.444 e. The number of alkyl carbamates (subject to hydrolysis) is 1. The fraction of sp³-hybridized carbons (Fsp3) is 0.389. The molecule has 158 valence electrons. The molecule has 29 heavy (non-hydrogen) atoms. The molecule has 1 atom stereocenters. The van der Waals surface area contributed by atoms with Crippen LogP contribution in [0.15, 0.2) is 40.0 Å². The standard InChI is InChI=1S/C18H26N6O5/c1-7-10(20-8-2)9-11(21-17(28)29-18(3,4)5)14(25)22-12-13(19)24(6)16(27)23-15(12)26/h7-8,11H,1-2,9,19H2,3-6H3,(H,21,28)(H,22,25)(H,23,26,27). The number of rotatable bonds is 7. The van der Waals surface area contributed by atoms with E-state index >= 15 is 0 Å². The molecule has 1 heterocycles. The smallest absolute Gasteiger partial charge is 0.408 e. The van der Waals surface area contributed by atoms with E-state index in [-0.39, 0.29) is 17.9 Å². The van der Waals surface area contributed by atoms with Crippen molar-refractivity contribution in [2.45, 2.75) is 38.8 Å². The molecule has 0 aromatic carbocycles. The molecule has 0 spiro atoms. The summed E-state index contributed by atoms with van der Waals surface area (Å²) in [7, 11) is 1.33. The van der Waals surface area contributed by atoms with Gasteiger partial charge in [-0.3, -0.25) is 24.1 Å². The summed E-state index contributed by atoms with van der Waals surface area (Å²) in [6.07, 6.45) is 1.74. The topological polar surface area (TPSA) is 161 Å². The van der Waals surface area contributed by atoms with Gasteiger partial charge in [0.1, 0.15) is 23.1 Å². The zero-order valence-corrected chi connectivity index (χ0v) is 16.9. The molecule has 1 aromatic rings. The third-order valence-electron chi connectivity index (χ3n) is 3.53. The third kappa shape index (κ3) is 6.79. The Hall–Kier alpha value is -3.63. The van der Waals surface area contributed by atoms with E-state index in [1.54, 1.807) is 20.8 Å². The van der Waals surface area contributed by atoms with Crippen LogP contribution < -0.4 is 27.6 Å². The van der Waals surface area contributed by atoms with Crippen molar-refractivity contribution >= 4 is 29.2 Å². The first-order valence-electron chi connectivity index (χ1n) is 8.58. The van der Waals surface area contributed by atoms with Crippen molar-refractivity contribution in [2.75, 3.05) is 11.1 Å². The number of amides is 2. The van der Waals surface area contributed by atoms with Gasteiger partial charge in [-0.2, -0.15) is 0 Å². The van der Waals surface area contributed by atoms with Crippen LogP contribution in [0.5, 0.6) is 0 Å². The van der Waals surface area contributed by atoms with Gasteiger partial charge >= 0.3 is 11.8 Å². The summed E-state index contributed by atoms with van der Waals surface area (Å²) in [4.78, 5) is 54.5. The van der Waals surface area contributed by atoms with Crippen LogP contribution >= 0.6 is 0 Å². The van der Waals surface area contributed by atoms with E-state index in [1.807, 2.05) is 4.98 Å². The molecule has 11 nitrogen and oxygen atoms in total. The Balaban J connectivity index is 3.21. The highest BCUT2D eigenvalue weighted by Crippen LogP contribution is 2.11. The number of anilines is 2. The average Bonchev–Trinajstić information content (AvgIpc) is 2.60. The fourth-order valence-corrected chi connectivity index (χ4v) is 2.14. The Bertz CT molecular complexity index is 951. The molecule has 0 bridgehead atoms. The lowest BCUT2D eigenvalue weighted by Crippen LogP contribution is -2.47. The van der Waals surface area contributed by atoms with Gasteiger partial charge in [-0.1, -0.05) is 13.2 Å². The second-order valence-electron chi connectivity index (χ2n) is 6.98. The average molecular weight is 406 g/mol. The SMILES string of the molecule is C=CN=C(C=C)CC(NC(=O)OC(C)(C)C)C(=O)Nc1c(N)n(C)c(=O)[nH]c1=O. The molecule has 0 saturated heterocycles. The number of nitrogen functional groups attached to an aromatic ring is 1. The van der Waals surface area contributed by atoms with Crippen LogP contribution in [-0.4, -0.2) is 38.9 Å². The minimum atomic E-state index is -1.18. The molecule has 1 aromatic heterocycles. The first-order chi connectivity index (χ1) is 13.4.